The third kappa shape index (κ3) is 3.97. The summed E-state index contributed by atoms with van der Waals surface area (Å²) in [5.41, 5.74) is 2.13. The number of ether oxygens (including phenoxy) is 2. The van der Waals surface area contributed by atoms with Crippen molar-refractivity contribution in [2.75, 3.05) is 0 Å². The van der Waals surface area contributed by atoms with Crippen molar-refractivity contribution in [1.82, 2.24) is 0 Å². The van der Waals surface area contributed by atoms with E-state index in [4.69, 9.17) is 14.6 Å². The fourth-order valence-electron chi connectivity index (χ4n) is 3.49. The van der Waals surface area contributed by atoms with Crippen molar-refractivity contribution in [3.8, 4) is 22.6 Å². The molecule has 3 aromatic rings. The van der Waals surface area contributed by atoms with Gasteiger partial charge in [0, 0.05) is 5.56 Å². The molecule has 1 unspecified atom stereocenters. The molecule has 164 valence electrons. The molecule has 0 bridgehead atoms. The number of benzene rings is 2. The van der Waals surface area contributed by atoms with Crippen LogP contribution in [-0.4, -0.2) is 15.0 Å². The molecule has 2 N–H and O–H groups in total. The van der Waals surface area contributed by atoms with Crippen molar-refractivity contribution < 1.29 is 26.7 Å². The second-order valence-electron chi connectivity index (χ2n) is 7.50. The number of hydrogen-bond donors (Lipinski definition) is 1. The summed E-state index contributed by atoms with van der Waals surface area (Å²) < 4.78 is 60.9. The highest BCUT2D eigenvalue weighted by Gasteiger charge is 2.37. The highest BCUT2D eigenvalue weighted by atomic mass is 79.9. The number of halogens is 3. The molecule has 5 nitrogen and oxygen atoms in total. The first-order valence-corrected chi connectivity index (χ1v) is 12.3. The van der Waals surface area contributed by atoms with Crippen molar-refractivity contribution in [2.24, 2.45) is 5.14 Å². The zero-order chi connectivity index (χ0) is 22.6. The Morgan fingerprint density at radius 3 is 2.55 bits per heavy atom. The van der Waals surface area contributed by atoms with Crippen molar-refractivity contribution in [3.05, 3.63) is 68.3 Å². The SMILES string of the molecule is CC(C)(c1ccc2c(c1)C(c1ccc(Br)s1)Oc1cccc(OC(F)F)c1-2)S(N)(=O)=O. The van der Waals surface area contributed by atoms with E-state index in [0.29, 0.717) is 28.0 Å². The molecular weight excluding hydrogens is 512 g/mol. The zero-order valence-corrected chi connectivity index (χ0v) is 19.7. The second kappa shape index (κ2) is 7.84. The van der Waals surface area contributed by atoms with Gasteiger partial charge in [0.05, 0.1) is 14.2 Å². The smallest absolute Gasteiger partial charge is 0.387 e. The Kier molecular flexibility index (Phi) is 5.61. The fourth-order valence-corrected chi connectivity index (χ4v) is 5.41. The molecule has 1 aromatic heterocycles. The quantitative estimate of drug-likeness (QED) is 0.454. The average Bonchev–Trinajstić information content (AvgIpc) is 3.11. The van der Waals surface area contributed by atoms with Crippen LogP contribution in [-0.2, 0) is 14.8 Å². The standard InChI is InChI=1S/C21H18BrF2NO4S2/c1-21(2,31(25,26)27)11-6-7-12-13(10-11)19(16-8-9-17(22)30-16)28-14-4-3-5-15(18(12)14)29-20(23)24/h3-10,19-20H,1-2H3,(H2,25,26,27). The lowest BCUT2D eigenvalue weighted by Gasteiger charge is -2.31. The first-order valence-electron chi connectivity index (χ1n) is 9.16. The highest BCUT2D eigenvalue weighted by molar-refractivity contribution is 9.11. The molecule has 0 radical (unpaired) electrons. The topological polar surface area (TPSA) is 78.6 Å². The number of thiophene rings is 1. The fraction of sp³-hybridized carbons (Fsp3) is 0.238. The van der Waals surface area contributed by atoms with Crippen molar-refractivity contribution in [2.45, 2.75) is 31.3 Å². The number of hydrogen-bond acceptors (Lipinski definition) is 5. The molecule has 0 saturated carbocycles. The number of rotatable bonds is 5. The van der Waals surface area contributed by atoms with Crippen LogP contribution < -0.4 is 14.6 Å². The maximum absolute atomic E-state index is 13.0. The molecule has 1 aliphatic rings. The van der Waals surface area contributed by atoms with E-state index in [0.717, 1.165) is 8.66 Å². The average molecular weight is 530 g/mol. The van der Waals surface area contributed by atoms with E-state index in [1.165, 1.54) is 31.3 Å². The predicted octanol–water partition coefficient (Wildman–Crippen LogP) is 5.78. The van der Waals surface area contributed by atoms with Crippen LogP contribution in [0.4, 0.5) is 8.78 Å². The Labute approximate surface area is 191 Å². The van der Waals surface area contributed by atoms with Gasteiger partial charge in [-0.1, -0.05) is 18.2 Å². The van der Waals surface area contributed by atoms with E-state index < -0.39 is 27.5 Å². The van der Waals surface area contributed by atoms with Gasteiger partial charge in [0.25, 0.3) is 0 Å². The molecule has 10 heteroatoms. The second-order valence-corrected chi connectivity index (χ2v) is 12.1. The third-order valence-corrected chi connectivity index (χ3v) is 8.64. The molecule has 1 atom stereocenters. The predicted molar refractivity (Wildman–Crippen MR) is 119 cm³/mol. The van der Waals surface area contributed by atoms with Crippen LogP contribution in [0.15, 0.2) is 52.3 Å². The Balaban J connectivity index is 1.96. The van der Waals surface area contributed by atoms with Gasteiger partial charge in [0.1, 0.15) is 16.2 Å². The number of alkyl halides is 2. The van der Waals surface area contributed by atoms with Gasteiger partial charge in [-0.25, -0.2) is 13.6 Å². The molecule has 0 fully saturated rings. The third-order valence-electron chi connectivity index (χ3n) is 5.31. The van der Waals surface area contributed by atoms with Gasteiger partial charge >= 0.3 is 6.61 Å². The van der Waals surface area contributed by atoms with Gasteiger partial charge in [0.15, 0.2) is 6.10 Å². The van der Waals surface area contributed by atoms with Crippen LogP contribution in [0, 0.1) is 0 Å². The summed E-state index contributed by atoms with van der Waals surface area (Å²) in [5.74, 6) is 0.386. The summed E-state index contributed by atoms with van der Waals surface area (Å²) in [5, 5.41) is 5.46. The summed E-state index contributed by atoms with van der Waals surface area (Å²) in [4.78, 5) is 0.865. The van der Waals surface area contributed by atoms with E-state index in [9.17, 15) is 17.2 Å². The van der Waals surface area contributed by atoms with Crippen molar-refractivity contribution in [1.29, 1.82) is 0 Å². The van der Waals surface area contributed by atoms with Gasteiger partial charge in [-0.05, 0) is 71.2 Å². The summed E-state index contributed by atoms with van der Waals surface area (Å²) in [6.45, 7) is 0.0366. The van der Waals surface area contributed by atoms with E-state index in [-0.39, 0.29) is 5.75 Å². The number of fused-ring (bicyclic) bond motifs is 3. The molecule has 0 saturated heterocycles. The molecule has 2 aromatic carbocycles. The minimum absolute atomic E-state index is 0.0157. The van der Waals surface area contributed by atoms with Crippen LogP contribution in [0.1, 0.15) is 36.0 Å². The monoisotopic (exact) mass is 529 g/mol. The highest BCUT2D eigenvalue weighted by Crippen LogP contribution is 2.51. The largest absolute Gasteiger partial charge is 0.479 e. The summed E-state index contributed by atoms with van der Waals surface area (Å²) in [6, 6.07) is 13.5. The molecule has 4 rings (SSSR count). The van der Waals surface area contributed by atoms with Crippen molar-refractivity contribution >= 4 is 37.3 Å². The zero-order valence-electron chi connectivity index (χ0n) is 16.4. The van der Waals surface area contributed by atoms with Crippen LogP contribution in [0.25, 0.3) is 11.1 Å². The maximum atomic E-state index is 13.0. The molecule has 1 aliphatic heterocycles. The Bertz CT molecular complexity index is 1260. The van der Waals surface area contributed by atoms with Gasteiger partial charge in [-0.15, -0.1) is 11.3 Å². The van der Waals surface area contributed by atoms with E-state index >= 15 is 0 Å². The Hall–Kier alpha value is -2.01. The first kappa shape index (κ1) is 22.2. The normalized spacial score (nSPS) is 15.9. The molecule has 2 heterocycles. The molecule has 31 heavy (non-hydrogen) atoms. The lowest BCUT2D eigenvalue weighted by Crippen LogP contribution is -2.35. The lowest BCUT2D eigenvalue weighted by atomic mass is 9.88. The van der Waals surface area contributed by atoms with Gasteiger partial charge in [-0.3, -0.25) is 0 Å². The number of nitrogens with two attached hydrogens (primary N) is 1. The maximum Gasteiger partial charge on any atom is 0.387 e. The van der Waals surface area contributed by atoms with E-state index in [2.05, 4.69) is 15.9 Å². The summed E-state index contributed by atoms with van der Waals surface area (Å²) in [6.07, 6.45) is -0.558. The van der Waals surface area contributed by atoms with Crippen LogP contribution in [0.3, 0.4) is 0 Å². The van der Waals surface area contributed by atoms with E-state index in [1.807, 2.05) is 12.1 Å². The van der Waals surface area contributed by atoms with Crippen molar-refractivity contribution in [3.63, 3.8) is 0 Å². The van der Waals surface area contributed by atoms with Crippen LogP contribution >= 0.6 is 27.3 Å². The van der Waals surface area contributed by atoms with Gasteiger partial charge < -0.3 is 9.47 Å². The van der Waals surface area contributed by atoms with Gasteiger partial charge in [-0.2, -0.15) is 8.78 Å². The first-order chi connectivity index (χ1) is 14.5. The molecule has 0 aliphatic carbocycles. The summed E-state index contributed by atoms with van der Waals surface area (Å²) in [7, 11) is -3.91. The van der Waals surface area contributed by atoms with Crippen LogP contribution in [0.2, 0.25) is 0 Å². The molecule has 0 spiro atoms. The number of sulfonamides is 1. The lowest BCUT2D eigenvalue weighted by molar-refractivity contribution is -0.0496. The van der Waals surface area contributed by atoms with Crippen LogP contribution in [0.5, 0.6) is 11.5 Å². The van der Waals surface area contributed by atoms with Gasteiger partial charge in [0.2, 0.25) is 10.0 Å². The minimum Gasteiger partial charge on any atom is -0.479 e. The molecular formula is C21H18BrF2NO4S2. The molecule has 0 amide bonds. The number of primary sulfonamides is 1. The summed E-state index contributed by atoms with van der Waals surface area (Å²) >= 11 is 4.91. The minimum atomic E-state index is -3.91. The Morgan fingerprint density at radius 1 is 1.19 bits per heavy atom. The Morgan fingerprint density at radius 2 is 1.94 bits per heavy atom. The van der Waals surface area contributed by atoms with E-state index in [1.54, 1.807) is 30.3 Å².